The molecule has 0 saturated carbocycles. The minimum atomic E-state index is 0.00824. The molecular formula is C17H28N2O. The van der Waals surface area contributed by atoms with Crippen LogP contribution in [0, 0.1) is 5.41 Å². The lowest BCUT2D eigenvalue weighted by Gasteiger charge is -2.27. The van der Waals surface area contributed by atoms with Crippen LogP contribution in [0.2, 0.25) is 0 Å². The Morgan fingerprint density at radius 1 is 1.15 bits per heavy atom. The van der Waals surface area contributed by atoms with Gasteiger partial charge in [-0.3, -0.25) is 0 Å². The highest BCUT2D eigenvalue weighted by atomic mass is 16.2. The van der Waals surface area contributed by atoms with Crippen molar-refractivity contribution >= 4 is 11.7 Å². The number of amides is 2. The van der Waals surface area contributed by atoms with Gasteiger partial charge in [-0.1, -0.05) is 52.3 Å². The van der Waals surface area contributed by atoms with Crippen molar-refractivity contribution in [3.8, 4) is 0 Å². The average molecular weight is 276 g/mol. The zero-order valence-electron chi connectivity index (χ0n) is 13.3. The monoisotopic (exact) mass is 276 g/mol. The molecule has 112 valence electrons. The lowest BCUT2D eigenvalue weighted by Crippen LogP contribution is -2.37. The molecule has 0 atom stereocenters. The quantitative estimate of drug-likeness (QED) is 0.798. The zero-order chi connectivity index (χ0) is 15.0. The number of nitrogens with one attached hydrogen (secondary N) is 1. The number of hydrogen-bond acceptors (Lipinski definition) is 1. The molecule has 1 N–H and O–H groups in total. The number of nitrogens with zero attached hydrogens (tertiary/aromatic N) is 1. The summed E-state index contributed by atoms with van der Waals surface area (Å²) >= 11 is 0. The second-order valence-corrected chi connectivity index (χ2v) is 6.45. The summed E-state index contributed by atoms with van der Waals surface area (Å²) in [6, 6.07) is 9.65. The Morgan fingerprint density at radius 2 is 1.80 bits per heavy atom. The molecule has 0 spiro atoms. The van der Waals surface area contributed by atoms with Gasteiger partial charge in [-0.2, -0.15) is 0 Å². The highest BCUT2D eigenvalue weighted by molar-refractivity contribution is 5.89. The van der Waals surface area contributed by atoms with E-state index in [-0.39, 0.29) is 11.4 Å². The maximum Gasteiger partial charge on any atom is 0.321 e. The molecule has 0 aliphatic rings. The Labute approximate surface area is 123 Å². The Kier molecular flexibility index (Phi) is 6.56. The molecule has 0 fully saturated rings. The molecular weight excluding hydrogens is 248 g/mol. The Morgan fingerprint density at radius 3 is 2.35 bits per heavy atom. The molecule has 0 heterocycles. The molecule has 1 rings (SSSR count). The number of rotatable bonds is 6. The topological polar surface area (TPSA) is 32.3 Å². The van der Waals surface area contributed by atoms with Gasteiger partial charge in [0, 0.05) is 18.8 Å². The number of carbonyl (C=O) groups excluding carboxylic acids is 1. The highest BCUT2D eigenvalue weighted by Crippen LogP contribution is 2.19. The van der Waals surface area contributed by atoms with E-state index in [0.717, 1.165) is 38.0 Å². The van der Waals surface area contributed by atoms with E-state index in [1.54, 1.807) is 0 Å². The van der Waals surface area contributed by atoms with Crippen molar-refractivity contribution in [2.45, 2.75) is 47.0 Å². The van der Waals surface area contributed by atoms with Crippen LogP contribution >= 0.6 is 0 Å². The summed E-state index contributed by atoms with van der Waals surface area (Å²) in [5, 5.41) is 2.97. The molecule has 20 heavy (non-hydrogen) atoms. The second kappa shape index (κ2) is 7.93. The van der Waals surface area contributed by atoms with Gasteiger partial charge in [0.15, 0.2) is 0 Å². The predicted octanol–water partition coefficient (Wildman–Crippen LogP) is 4.76. The van der Waals surface area contributed by atoms with Crippen LogP contribution < -0.4 is 5.32 Å². The SMILES string of the molecule is CCCCN(CCC(C)(C)C)C(=O)Nc1ccccc1. The highest BCUT2D eigenvalue weighted by Gasteiger charge is 2.17. The van der Waals surface area contributed by atoms with Gasteiger partial charge in [-0.15, -0.1) is 0 Å². The molecule has 3 heteroatoms. The van der Waals surface area contributed by atoms with Crippen molar-refractivity contribution in [1.82, 2.24) is 4.90 Å². The lowest BCUT2D eigenvalue weighted by atomic mass is 9.92. The molecule has 1 aromatic rings. The van der Waals surface area contributed by atoms with E-state index in [0.29, 0.717) is 0 Å². The normalized spacial score (nSPS) is 11.2. The van der Waals surface area contributed by atoms with E-state index < -0.39 is 0 Å². The molecule has 0 aliphatic carbocycles. The summed E-state index contributed by atoms with van der Waals surface area (Å²) in [7, 11) is 0. The molecule has 0 aromatic heterocycles. The van der Waals surface area contributed by atoms with E-state index >= 15 is 0 Å². The number of anilines is 1. The first kappa shape index (κ1) is 16.5. The number of carbonyl (C=O) groups is 1. The summed E-state index contributed by atoms with van der Waals surface area (Å²) < 4.78 is 0. The summed E-state index contributed by atoms with van der Waals surface area (Å²) in [6.45, 7) is 10.4. The first-order valence-electron chi connectivity index (χ1n) is 7.53. The number of hydrogen-bond donors (Lipinski definition) is 1. The molecule has 1 aromatic carbocycles. The van der Waals surface area contributed by atoms with Gasteiger partial charge in [0.25, 0.3) is 0 Å². The van der Waals surface area contributed by atoms with Gasteiger partial charge >= 0.3 is 6.03 Å². The van der Waals surface area contributed by atoms with E-state index in [2.05, 4.69) is 33.0 Å². The first-order chi connectivity index (χ1) is 9.42. The van der Waals surface area contributed by atoms with Gasteiger partial charge in [0.1, 0.15) is 0 Å². The summed E-state index contributed by atoms with van der Waals surface area (Å²) in [6.07, 6.45) is 3.16. The third-order valence-corrected chi connectivity index (χ3v) is 3.23. The number of para-hydroxylation sites is 1. The number of benzene rings is 1. The van der Waals surface area contributed by atoms with Crippen molar-refractivity contribution < 1.29 is 4.79 Å². The smallest absolute Gasteiger partial charge is 0.321 e. The maximum atomic E-state index is 12.4. The van der Waals surface area contributed by atoms with Crippen LogP contribution in [-0.2, 0) is 0 Å². The number of urea groups is 1. The van der Waals surface area contributed by atoms with Crippen LogP contribution in [0.3, 0.4) is 0 Å². The molecule has 0 unspecified atom stereocenters. The van der Waals surface area contributed by atoms with Crippen LogP contribution in [0.25, 0.3) is 0 Å². The van der Waals surface area contributed by atoms with Crippen LogP contribution in [-0.4, -0.2) is 24.0 Å². The second-order valence-electron chi connectivity index (χ2n) is 6.45. The van der Waals surface area contributed by atoms with Gasteiger partial charge in [0.05, 0.1) is 0 Å². The van der Waals surface area contributed by atoms with Crippen LogP contribution in [0.4, 0.5) is 10.5 Å². The maximum absolute atomic E-state index is 12.4. The van der Waals surface area contributed by atoms with Crippen LogP contribution in [0.15, 0.2) is 30.3 Å². The molecule has 0 bridgehead atoms. The molecule has 0 aliphatic heterocycles. The van der Waals surface area contributed by atoms with Crippen molar-refractivity contribution in [2.24, 2.45) is 5.41 Å². The van der Waals surface area contributed by atoms with Crippen molar-refractivity contribution in [3.63, 3.8) is 0 Å². The van der Waals surface area contributed by atoms with E-state index in [1.807, 2.05) is 35.2 Å². The summed E-state index contributed by atoms with van der Waals surface area (Å²) in [5.41, 5.74) is 1.10. The van der Waals surface area contributed by atoms with Crippen molar-refractivity contribution in [1.29, 1.82) is 0 Å². The summed E-state index contributed by atoms with van der Waals surface area (Å²) in [4.78, 5) is 14.3. The largest absolute Gasteiger partial charge is 0.325 e. The first-order valence-corrected chi connectivity index (χ1v) is 7.53. The van der Waals surface area contributed by atoms with E-state index in [4.69, 9.17) is 0 Å². The van der Waals surface area contributed by atoms with Crippen molar-refractivity contribution in [3.05, 3.63) is 30.3 Å². The summed E-state index contributed by atoms with van der Waals surface area (Å²) in [5.74, 6) is 0. The van der Waals surface area contributed by atoms with Gasteiger partial charge in [-0.05, 0) is 30.4 Å². The minimum Gasteiger partial charge on any atom is -0.325 e. The van der Waals surface area contributed by atoms with Gasteiger partial charge < -0.3 is 10.2 Å². The molecule has 2 amide bonds. The minimum absolute atomic E-state index is 0.00824. The standard InChI is InChI=1S/C17H28N2O/c1-5-6-13-19(14-12-17(2,3)4)16(20)18-15-10-8-7-9-11-15/h7-11H,5-6,12-14H2,1-4H3,(H,18,20). The fourth-order valence-corrected chi connectivity index (χ4v) is 1.86. The predicted molar refractivity (Wildman–Crippen MR) is 86.0 cm³/mol. The van der Waals surface area contributed by atoms with E-state index in [9.17, 15) is 4.79 Å². The number of unbranched alkanes of at least 4 members (excludes halogenated alkanes) is 1. The fraction of sp³-hybridized carbons (Fsp3) is 0.588. The third-order valence-electron chi connectivity index (χ3n) is 3.23. The third kappa shape index (κ3) is 6.60. The molecule has 0 radical (unpaired) electrons. The Bertz CT molecular complexity index is 395. The van der Waals surface area contributed by atoms with Crippen molar-refractivity contribution in [2.75, 3.05) is 18.4 Å². The average Bonchev–Trinajstić information content (AvgIpc) is 2.38. The van der Waals surface area contributed by atoms with Gasteiger partial charge in [0.2, 0.25) is 0 Å². The fourth-order valence-electron chi connectivity index (χ4n) is 1.86. The van der Waals surface area contributed by atoms with Crippen LogP contribution in [0.1, 0.15) is 47.0 Å². The zero-order valence-corrected chi connectivity index (χ0v) is 13.3. The van der Waals surface area contributed by atoms with E-state index in [1.165, 1.54) is 0 Å². The molecule has 3 nitrogen and oxygen atoms in total. The lowest BCUT2D eigenvalue weighted by molar-refractivity contribution is 0.200. The molecule has 0 saturated heterocycles. The Balaban J connectivity index is 2.59. The van der Waals surface area contributed by atoms with Crippen LogP contribution in [0.5, 0.6) is 0 Å². The Hall–Kier alpha value is -1.51. The van der Waals surface area contributed by atoms with Gasteiger partial charge in [-0.25, -0.2) is 4.79 Å².